The van der Waals surface area contributed by atoms with Crippen LogP contribution < -0.4 is 20.9 Å². The molecule has 9 heteroatoms. The molecular weight excluding hydrogens is 457 g/mol. The first kappa shape index (κ1) is 23.4. The summed E-state index contributed by atoms with van der Waals surface area (Å²) in [6, 6.07) is 18.2. The molecule has 0 saturated carbocycles. The first-order valence-electron chi connectivity index (χ1n) is 10.9. The molecule has 3 aromatic carbocycles. The molecule has 0 bridgehead atoms. The number of nitrogens with one attached hydrogen (secondary N) is 3. The van der Waals surface area contributed by atoms with E-state index in [4.69, 9.17) is 11.6 Å². The molecule has 7 nitrogen and oxygen atoms in total. The van der Waals surface area contributed by atoms with E-state index < -0.39 is 11.8 Å². The predicted molar refractivity (Wildman–Crippen MR) is 134 cm³/mol. The van der Waals surface area contributed by atoms with Gasteiger partial charge in [0.25, 0.3) is 0 Å². The second kappa shape index (κ2) is 10.4. The summed E-state index contributed by atoms with van der Waals surface area (Å²) in [5.41, 5.74) is 3.24. The molecule has 34 heavy (non-hydrogen) atoms. The van der Waals surface area contributed by atoms with Crippen LogP contribution in [-0.2, 0) is 0 Å². The first-order valence-corrected chi connectivity index (χ1v) is 11.3. The summed E-state index contributed by atoms with van der Waals surface area (Å²) in [5, 5.41) is 8.62. The maximum absolute atomic E-state index is 13.7. The number of rotatable bonds is 4. The van der Waals surface area contributed by atoms with Gasteiger partial charge in [-0.1, -0.05) is 35.9 Å². The number of aryl methyl sites for hydroxylation is 1. The number of urea groups is 2. The Bertz CT molecular complexity index is 1160. The van der Waals surface area contributed by atoms with Crippen LogP contribution in [0.25, 0.3) is 0 Å². The van der Waals surface area contributed by atoms with Crippen molar-refractivity contribution in [3.05, 3.63) is 83.1 Å². The van der Waals surface area contributed by atoms with Crippen LogP contribution >= 0.6 is 11.6 Å². The fourth-order valence-corrected chi connectivity index (χ4v) is 4.02. The van der Waals surface area contributed by atoms with Crippen LogP contribution in [0.5, 0.6) is 0 Å². The van der Waals surface area contributed by atoms with E-state index in [-0.39, 0.29) is 11.7 Å². The molecule has 4 amide bonds. The standard InChI is InChI=1S/C25H25ClFN5O2/c1-17-5-4-6-20(26)23(17)30-25(34)32-15-13-31(14-16-32)19-11-9-18(10-12-19)28-24(33)29-22-8-3-2-7-21(22)27/h2-12H,13-16H2,1H3,(H,30,34)(H2,28,29,33). The number of amides is 4. The molecule has 1 fully saturated rings. The van der Waals surface area contributed by atoms with Crippen molar-refractivity contribution in [1.29, 1.82) is 0 Å². The molecule has 0 aromatic heterocycles. The van der Waals surface area contributed by atoms with Gasteiger partial charge < -0.3 is 25.8 Å². The van der Waals surface area contributed by atoms with Crippen molar-refractivity contribution in [2.45, 2.75) is 6.92 Å². The highest BCUT2D eigenvalue weighted by Gasteiger charge is 2.22. The van der Waals surface area contributed by atoms with E-state index in [1.165, 1.54) is 12.1 Å². The third kappa shape index (κ3) is 5.58. The summed E-state index contributed by atoms with van der Waals surface area (Å²) >= 11 is 6.22. The zero-order valence-corrected chi connectivity index (χ0v) is 19.4. The van der Waals surface area contributed by atoms with Gasteiger partial charge >= 0.3 is 12.1 Å². The van der Waals surface area contributed by atoms with E-state index in [0.29, 0.717) is 42.6 Å². The number of benzene rings is 3. The van der Waals surface area contributed by atoms with Gasteiger partial charge in [0.05, 0.1) is 16.4 Å². The molecule has 1 saturated heterocycles. The molecule has 1 aliphatic rings. The highest BCUT2D eigenvalue weighted by molar-refractivity contribution is 6.33. The number of piperazine rings is 1. The van der Waals surface area contributed by atoms with Crippen molar-refractivity contribution in [1.82, 2.24) is 4.90 Å². The number of anilines is 4. The topological polar surface area (TPSA) is 76.7 Å². The molecule has 0 aliphatic carbocycles. The highest BCUT2D eigenvalue weighted by Crippen LogP contribution is 2.26. The Morgan fingerprint density at radius 1 is 0.853 bits per heavy atom. The molecular formula is C25H25ClFN5O2. The van der Waals surface area contributed by atoms with Crippen LogP contribution in [0, 0.1) is 12.7 Å². The van der Waals surface area contributed by atoms with Crippen LogP contribution in [0.15, 0.2) is 66.7 Å². The summed E-state index contributed by atoms with van der Waals surface area (Å²) in [7, 11) is 0. The number of para-hydroxylation sites is 2. The quantitative estimate of drug-likeness (QED) is 0.441. The lowest BCUT2D eigenvalue weighted by Crippen LogP contribution is -2.50. The van der Waals surface area contributed by atoms with Gasteiger partial charge in [-0.25, -0.2) is 14.0 Å². The van der Waals surface area contributed by atoms with Crippen molar-refractivity contribution in [3.8, 4) is 0 Å². The average Bonchev–Trinajstić information content (AvgIpc) is 2.83. The lowest BCUT2D eigenvalue weighted by Gasteiger charge is -2.36. The van der Waals surface area contributed by atoms with Crippen molar-refractivity contribution in [2.24, 2.45) is 0 Å². The predicted octanol–water partition coefficient (Wildman–Crippen LogP) is 5.79. The van der Waals surface area contributed by atoms with Gasteiger partial charge in [-0.15, -0.1) is 0 Å². The Hall–Kier alpha value is -3.78. The summed E-state index contributed by atoms with van der Waals surface area (Å²) in [6.45, 7) is 4.40. The minimum atomic E-state index is -0.522. The van der Waals surface area contributed by atoms with Gasteiger partial charge in [-0.2, -0.15) is 0 Å². The highest BCUT2D eigenvalue weighted by atomic mass is 35.5. The van der Waals surface area contributed by atoms with Crippen LogP contribution in [0.3, 0.4) is 0 Å². The molecule has 1 aliphatic heterocycles. The van der Waals surface area contributed by atoms with Crippen molar-refractivity contribution < 1.29 is 14.0 Å². The second-order valence-corrected chi connectivity index (χ2v) is 8.35. The summed E-state index contributed by atoms with van der Waals surface area (Å²) < 4.78 is 13.7. The largest absolute Gasteiger partial charge is 0.368 e. The van der Waals surface area contributed by atoms with Crippen molar-refractivity contribution in [3.63, 3.8) is 0 Å². The maximum atomic E-state index is 13.7. The second-order valence-electron chi connectivity index (χ2n) is 7.94. The van der Waals surface area contributed by atoms with E-state index >= 15 is 0 Å². The minimum Gasteiger partial charge on any atom is -0.368 e. The van der Waals surface area contributed by atoms with Crippen LogP contribution in [0.2, 0.25) is 5.02 Å². The minimum absolute atomic E-state index is 0.114. The van der Waals surface area contributed by atoms with Gasteiger partial charge in [0.1, 0.15) is 5.82 Å². The number of halogens is 2. The first-order chi connectivity index (χ1) is 16.4. The molecule has 0 radical (unpaired) electrons. The summed E-state index contributed by atoms with van der Waals surface area (Å²) in [5.74, 6) is -0.497. The molecule has 3 N–H and O–H groups in total. The normalized spacial score (nSPS) is 13.4. The zero-order chi connectivity index (χ0) is 24.1. The van der Waals surface area contributed by atoms with Crippen LogP contribution in [-0.4, -0.2) is 43.1 Å². The lowest BCUT2D eigenvalue weighted by atomic mass is 10.2. The third-order valence-corrected chi connectivity index (χ3v) is 5.95. The van der Waals surface area contributed by atoms with E-state index in [2.05, 4.69) is 20.9 Å². The van der Waals surface area contributed by atoms with E-state index in [1.54, 1.807) is 35.2 Å². The average molecular weight is 482 g/mol. The molecule has 1 heterocycles. The van der Waals surface area contributed by atoms with Gasteiger partial charge in [-0.05, 0) is 55.0 Å². The third-order valence-electron chi connectivity index (χ3n) is 5.63. The van der Waals surface area contributed by atoms with Gasteiger partial charge in [0.2, 0.25) is 0 Å². The molecule has 0 spiro atoms. The Kier molecular flexibility index (Phi) is 7.18. The van der Waals surface area contributed by atoms with Crippen LogP contribution in [0.1, 0.15) is 5.56 Å². The van der Waals surface area contributed by atoms with Gasteiger partial charge in [0, 0.05) is 37.6 Å². The number of hydrogen-bond acceptors (Lipinski definition) is 3. The molecule has 176 valence electrons. The molecule has 0 unspecified atom stereocenters. The number of nitrogens with zero attached hydrogens (tertiary/aromatic N) is 2. The number of hydrogen-bond donors (Lipinski definition) is 3. The Morgan fingerprint density at radius 3 is 2.24 bits per heavy atom. The fourth-order valence-electron chi connectivity index (χ4n) is 3.75. The molecule has 4 rings (SSSR count). The molecule has 0 atom stereocenters. The van der Waals surface area contributed by atoms with E-state index in [9.17, 15) is 14.0 Å². The SMILES string of the molecule is Cc1cccc(Cl)c1NC(=O)N1CCN(c2ccc(NC(=O)Nc3ccccc3F)cc2)CC1. The maximum Gasteiger partial charge on any atom is 0.323 e. The monoisotopic (exact) mass is 481 g/mol. The number of carbonyl (C=O) groups excluding carboxylic acids is 2. The van der Waals surface area contributed by atoms with Crippen molar-refractivity contribution in [2.75, 3.05) is 47.0 Å². The van der Waals surface area contributed by atoms with E-state index in [1.807, 2.05) is 31.2 Å². The summed E-state index contributed by atoms with van der Waals surface area (Å²) in [4.78, 5) is 28.8. The van der Waals surface area contributed by atoms with E-state index in [0.717, 1.165) is 11.3 Å². The van der Waals surface area contributed by atoms with Crippen molar-refractivity contribution >= 4 is 46.4 Å². The van der Waals surface area contributed by atoms with Gasteiger partial charge in [-0.3, -0.25) is 0 Å². The van der Waals surface area contributed by atoms with Crippen LogP contribution in [0.4, 0.5) is 36.7 Å². The Morgan fingerprint density at radius 2 is 1.56 bits per heavy atom. The lowest BCUT2D eigenvalue weighted by molar-refractivity contribution is 0.208. The molecule has 3 aromatic rings. The summed E-state index contributed by atoms with van der Waals surface area (Å²) in [6.07, 6.45) is 0. The number of carbonyl (C=O) groups is 2. The van der Waals surface area contributed by atoms with Gasteiger partial charge in [0.15, 0.2) is 0 Å². The fraction of sp³-hybridized carbons (Fsp3) is 0.200. The Balaban J connectivity index is 1.28. The smallest absolute Gasteiger partial charge is 0.323 e. The Labute approximate surface area is 202 Å². The zero-order valence-electron chi connectivity index (χ0n) is 18.6.